The number of imidazole rings is 1. The number of aromatic nitrogens is 2. The van der Waals surface area contributed by atoms with Crippen molar-refractivity contribution in [2.45, 2.75) is 45.3 Å². The third kappa shape index (κ3) is 5.35. The predicted molar refractivity (Wildman–Crippen MR) is 110 cm³/mol. The summed E-state index contributed by atoms with van der Waals surface area (Å²) in [5.74, 6) is 1.56. The van der Waals surface area contributed by atoms with Crippen LogP contribution in [0.25, 0.3) is 0 Å². The summed E-state index contributed by atoms with van der Waals surface area (Å²) in [5.41, 5.74) is 5.23. The van der Waals surface area contributed by atoms with Crippen molar-refractivity contribution in [1.29, 1.82) is 0 Å². The van der Waals surface area contributed by atoms with Crippen molar-refractivity contribution in [3.63, 3.8) is 0 Å². The number of rotatable bonds is 4. The quantitative estimate of drug-likeness (QED) is 0.664. The van der Waals surface area contributed by atoms with Crippen LogP contribution >= 0.6 is 0 Å². The molecule has 0 unspecified atom stereocenters. The highest BCUT2D eigenvalue weighted by atomic mass is 14.9. The van der Waals surface area contributed by atoms with E-state index in [1.54, 1.807) is 6.33 Å². The predicted octanol–water partition coefficient (Wildman–Crippen LogP) is 5.07. The number of H-pyrrole nitrogens is 1. The molecule has 0 saturated heterocycles. The lowest BCUT2D eigenvalue weighted by molar-refractivity contribution is 0.759. The molecular formula is C22H29BN2. The molecule has 130 valence electrons. The zero-order valence-electron chi connectivity index (χ0n) is 16.0. The van der Waals surface area contributed by atoms with Crippen molar-refractivity contribution < 1.29 is 0 Å². The van der Waals surface area contributed by atoms with Crippen LogP contribution in [0.2, 0.25) is 0 Å². The van der Waals surface area contributed by atoms with Crippen molar-refractivity contribution in [3.05, 3.63) is 89.5 Å². The van der Waals surface area contributed by atoms with Gasteiger partial charge in [-0.2, -0.15) is 0 Å². The monoisotopic (exact) mass is 332 g/mol. The van der Waals surface area contributed by atoms with Gasteiger partial charge in [-0.3, -0.25) is 0 Å². The van der Waals surface area contributed by atoms with E-state index >= 15 is 0 Å². The molecule has 0 bridgehead atoms. The zero-order valence-corrected chi connectivity index (χ0v) is 16.0. The Bertz CT molecular complexity index is 671. The highest BCUT2D eigenvalue weighted by molar-refractivity contribution is 6.14. The minimum atomic E-state index is 0.484. The van der Waals surface area contributed by atoms with E-state index in [2.05, 4.69) is 106 Å². The number of aromatic amines is 1. The molecule has 0 fully saturated rings. The smallest absolute Gasteiger partial charge is 0.116 e. The van der Waals surface area contributed by atoms with Crippen molar-refractivity contribution in [1.82, 2.24) is 9.97 Å². The molecule has 0 aliphatic carbocycles. The van der Waals surface area contributed by atoms with Crippen molar-refractivity contribution in [2.75, 3.05) is 0 Å². The lowest BCUT2D eigenvalue weighted by Crippen LogP contribution is -1.99. The van der Waals surface area contributed by atoms with Gasteiger partial charge in [-0.1, -0.05) is 88.4 Å². The van der Waals surface area contributed by atoms with Crippen LogP contribution in [0.5, 0.6) is 0 Å². The third-order valence-electron chi connectivity index (χ3n) is 4.42. The summed E-state index contributed by atoms with van der Waals surface area (Å²) in [6.07, 6.45) is 1.78. The second kappa shape index (κ2) is 9.26. The van der Waals surface area contributed by atoms with E-state index in [0.29, 0.717) is 17.7 Å². The van der Waals surface area contributed by atoms with Gasteiger partial charge in [-0.05, 0) is 28.8 Å². The highest BCUT2D eigenvalue weighted by Crippen LogP contribution is 2.22. The summed E-state index contributed by atoms with van der Waals surface area (Å²) in [5, 5.41) is 0. The molecule has 1 heterocycles. The van der Waals surface area contributed by atoms with E-state index in [4.69, 9.17) is 0 Å². The van der Waals surface area contributed by atoms with Crippen LogP contribution in [0.1, 0.15) is 67.9 Å². The van der Waals surface area contributed by atoms with Gasteiger partial charge >= 0.3 is 0 Å². The second-order valence-corrected chi connectivity index (χ2v) is 7.05. The van der Waals surface area contributed by atoms with Crippen LogP contribution in [-0.2, 0) is 0 Å². The van der Waals surface area contributed by atoms with Crippen LogP contribution in [0.15, 0.2) is 67.0 Å². The molecule has 1 aromatic heterocycles. The Hall–Kier alpha value is -2.29. The van der Waals surface area contributed by atoms with Gasteiger partial charge < -0.3 is 4.98 Å². The van der Waals surface area contributed by atoms with Gasteiger partial charge in [0, 0.05) is 5.69 Å². The van der Waals surface area contributed by atoms with Gasteiger partial charge in [0.1, 0.15) is 7.85 Å². The Balaban J connectivity index is 0.000000186. The molecule has 2 nitrogen and oxygen atoms in total. The number of nitrogens with one attached hydrogen (secondary N) is 1. The average molecular weight is 332 g/mol. The SMILES string of the molecule is BC(c1ccccc1)c1ccccc1.CC(C)c1nc[nH]c1C(C)C. The van der Waals surface area contributed by atoms with Gasteiger partial charge in [0.25, 0.3) is 0 Å². The maximum absolute atomic E-state index is 4.28. The first-order valence-corrected chi connectivity index (χ1v) is 9.13. The van der Waals surface area contributed by atoms with Crippen LogP contribution in [0.3, 0.4) is 0 Å². The standard InChI is InChI=1S/C13H13B.C9H16N2/c14-13(11-7-3-1-4-8-11)12-9-5-2-6-10-12;1-6(2)8-9(7(3)4)11-5-10-8/h1-10,13H,14H2;5-7H,1-4H3,(H,10,11). The van der Waals surface area contributed by atoms with Crippen LogP contribution in [-0.4, -0.2) is 17.8 Å². The topological polar surface area (TPSA) is 28.7 Å². The maximum atomic E-state index is 4.28. The van der Waals surface area contributed by atoms with Crippen molar-refractivity contribution in [2.24, 2.45) is 0 Å². The molecule has 3 rings (SSSR count). The molecule has 0 aliphatic rings. The summed E-state index contributed by atoms with van der Waals surface area (Å²) < 4.78 is 0. The molecule has 2 aromatic carbocycles. The van der Waals surface area contributed by atoms with Crippen molar-refractivity contribution >= 4 is 7.85 Å². The molecule has 0 saturated carbocycles. The molecule has 0 radical (unpaired) electrons. The Labute approximate surface area is 153 Å². The minimum absolute atomic E-state index is 0.484. The van der Waals surface area contributed by atoms with Crippen LogP contribution in [0, 0.1) is 0 Å². The van der Waals surface area contributed by atoms with Crippen LogP contribution in [0.4, 0.5) is 0 Å². The van der Waals surface area contributed by atoms with Gasteiger partial charge in [-0.25, -0.2) is 4.98 Å². The Morgan fingerprint density at radius 1 is 0.760 bits per heavy atom. The molecule has 0 atom stereocenters. The van der Waals surface area contributed by atoms with Gasteiger partial charge in [0.05, 0.1) is 12.0 Å². The summed E-state index contributed by atoms with van der Waals surface area (Å²) >= 11 is 0. The van der Waals surface area contributed by atoms with Gasteiger partial charge in [-0.15, -0.1) is 0 Å². The molecule has 3 heteroatoms. The first kappa shape index (κ1) is 19.0. The zero-order chi connectivity index (χ0) is 18.2. The molecule has 3 aromatic rings. The fraction of sp³-hybridized carbons (Fsp3) is 0.318. The highest BCUT2D eigenvalue weighted by Gasteiger charge is 2.11. The van der Waals surface area contributed by atoms with Crippen molar-refractivity contribution in [3.8, 4) is 0 Å². The molecule has 0 spiro atoms. The van der Waals surface area contributed by atoms with E-state index < -0.39 is 0 Å². The lowest BCUT2D eigenvalue weighted by Gasteiger charge is -2.11. The van der Waals surface area contributed by atoms with Gasteiger partial charge in [0.2, 0.25) is 0 Å². The molecule has 1 N–H and O–H groups in total. The normalized spacial score (nSPS) is 10.8. The average Bonchev–Trinajstić information content (AvgIpc) is 3.14. The summed E-state index contributed by atoms with van der Waals surface area (Å²) in [7, 11) is 2.24. The van der Waals surface area contributed by atoms with E-state index in [-0.39, 0.29) is 0 Å². The largest absolute Gasteiger partial charge is 0.348 e. The summed E-state index contributed by atoms with van der Waals surface area (Å²) in [4.78, 5) is 7.46. The van der Waals surface area contributed by atoms with E-state index in [0.717, 1.165) is 0 Å². The molecule has 0 amide bonds. The lowest BCUT2D eigenvalue weighted by atomic mass is 9.76. The number of hydrogen-bond donors (Lipinski definition) is 1. The first-order valence-electron chi connectivity index (χ1n) is 9.13. The number of benzene rings is 2. The summed E-state index contributed by atoms with van der Waals surface area (Å²) in [6.45, 7) is 8.70. The van der Waals surface area contributed by atoms with Gasteiger partial charge in [0.15, 0.2) is 0 Å². The third-order valence-corrected chi connectivity index (χ3v) is 4.42. The first-order chi connectivity index (χ1) is 12.0. The Kier molecular flexibility index (Phi) is 7.06. The Morgan fingerprint density at radius 3 is 1.60 bits per heavy atom. The van der Waals surface area contributed by atoms with E-state index in [1.165, 1.54) is 22.5 Å². The molecular weight excluding hydrogens is 303 g/mol. The number of nitrogens with zero attached hydrogens (tertiary/aromatic N) is 1. The Morgan fingerprint density at radius 2 is 1.24 bits per heavy atom. The van der Waals surface area contributed by atoms with Crippen LogP contribution < -0.4 is 0 Å². The molecule has 25 heavy (non-hydrogen) atoms. The molecule has 0 aliphatic heterocycles. The van der Waals surface area contributed by atoms with E-state index in [9.17, 15) is 0 Å². The maximum Gasteiger partial charge on any atom is 0.116 e. The minimum Gasteiger partial charge on any atom is -0.348 e. The second-order valence-electron chi connectivity index (χ2n) is 7.05. The van der Waals surface area contributed by atoms with E-state index in [1.807, 2.05) is 0 Å². The fourth-order valence-corrected chi connectivity index (χ4v) is 2.91. The fourth-order valence-electron chi connectivity index (χ4n) is 2.91. The number of hydrogen-bond acceptors (Lipinski definition) is 1. The summed E-state index contributed by atoms with van der Waals surface area (Å²) in [6, 6.07) is 21.2.